The van der Waals surface area contributed by atoms with Crippen LogP contribution in [-0.2, 0) is 32.3 Å². The highest BCUT2D eigenvalue weighted by Gasteiger charge is 2.28. The topological polar surface area (TPSA) is 81.3 Å². The van der Waals surface area contributed by atoms with Gasteiger partial charge in [0, 0.05) is 41.2 Å². The summed E-state index contributed by atoms with van der Waals surface area (Å²) in [6.45, 7) is 3.94. The van der Waals surface area contributed by atoms with Crippen LogP contribution in [0, 0.1) is 0 Å². The maximum atomic E-state index is 12.9. The molecule has 2 heterocycles. The van der Waals surface area contributed by atoms with Crippen molar-refractivity contribution in [2.45, 2.75) is 51.5 Å². The summed E-state index contributed by atoms with van der Waals surface area (Å²) in [5.74, 6) is 0.106. The first-order chi connectivity index (χ1) is 20.9. The van der Waals surface area contributed by atoms with E-state index in [1.54, 1.807) is 0 Å². The van der Waals surface area contributed by atoms with E-state index in [1.807, 2.05) is 59.7 Å². The summed E-state index contributed by atoms with van der Waals surface area (Å²) in [5.41, 5.74) is 5.37. The van der Waals surface area contributed by atoms with Crippen LogP contribution >= 0.6 is 23.2 Å². The Morgan fingerprint density at radius 2 is 1.81 bits per heavy atom. The summed E-state index contributed by atoms with van der Waals surface area (Å²) >= 11 is 13.4. The van der Waals surface area contributed by atoms with Crippen molar-refractivity contribution < 1.29 is 14.6 Å². The van der Waals surface area contributed by atoms with Crippen LogP contribution in [0.4, 0.5) is 0 Å². The van der Waals surface area contributed by atoms with Crippen molar-refractivity contribution in [2.24, 2.45) is 7.05 Å². The van der Waals surface area contributed by atoms with Gasteiger partial charge in [-0.3, -0.25) is 4.68 Å². The summed E-state index contributed by atoms with van der Waals surface area (Å²) in [5, 5.41) is 22.1. The third kappa shape index (κ3) is 6.12. The van der Waals surface area contributed by atoms with Gasteiger partial charge in [-0.25, -0.2) is 4.79 Å². The number of unbranched alkanes of at least 4 members (excludes halogenated alkanes) is 1. The molecule has 0 radical (unpaired) electrons. The van der Waals surface area contributed by atoms with Gasteiger partial charge in [-0.05, 0) is 68.8 Å². The third-order valence-corrected chi connectivity index (χ3v) is 8.64. The number of aromatic nitrogens is 3. The molecule has 0 aliphatic rings. The van der Waals surface area contributed by atoms with E-state index in [0.29, 0.717) is 36.7 Å². The van der Waals surface area contributed by atoms with Crippen molar-refractivity contribution in [3.63, 3.8) is 0 Å². The maximum Gasteiger partial charge on any atom is 0.352 e. The van der Waals surface area contributed by atoms with Crippen molar-refractivity contribution in [1.29, 1.82) is 0 Å². The SMILES string of the molecule is CCc1c(-c2c(Cl)ccc3c(CCCOc4cccc5ccccc45)c(C(=O)O)n(CCCCNC)c23)c(CCl)nn1C. The van der Waals surface area contributed by atoms with Gasteiger partial charge in [-0.15, -0.1) is 11.6 Å². The summed E-state index contributed by atoms with van der Waals surface area (Å²) in [7, 11) is 3.83. The number of carboxylic acids is 1. The second-order valence-corrected chi connectivity index (χ2v) is 11.4. The van der Waals surface area contributed by atoms with Crippen LogP contribution in [0.15, 0.2) is 54.6 Å². The van der Waals surface area contributed by atoms with Crippen LogP contribution in [0.3, 0.4) is 0 Å². The molecular weight excluding hydrogens is 583 g/mol. The fourth-order valence-corrected chi connectivity index (χ4v) is 6.62. The molecule has 0 atom stereocenters. The molecule has 5 aromatic rings. The second-order valence-electron chi connectivity index (χ2n) is 10.7. The Balaban J connectivity index is 1.59. The summed E-state index contributed by atoms with van der Waals surface area (Å²) in [4.78, 5) is 12.9. The van der Waals surface area contributed by atoms with Crippen molar-refractivity contribution in [2.75, 3.05) is 20.2 Å². The molecule has 0 saturated carbocycles. The van der Waals surface area contributed by atoms with Gasteiger partial charge in [-0.2, -0.15) is 5.10 Å². The number of carboxylic acid groups (broad SMARTS) is 1. The van der Waals surface area contributed by atoms with Gasteiger partial charge in [0.2, 0.25) is 0 Å². The highest BCUT2D eigenvalue weighted by Crippen LogP contribution is 2.43. The number of nitrogens with zero attached hydrogens (tertiary/aromatic N) is 3. The van der Waals surface area contributed by atoms with Crippen molar-refractivity contribution in [3.05, 3.63) is 82.3 Å². The quantitative estimate of drug-likeness (QED) is 0.0975. The number of rotatable bonds is 14. The molecule has 0 aliphatic carbocycles. The number of aromatic carboxylic acids is 1. The standard InChI is InChI=1S/C34H38Cl2N4O3/c1-4-28-31(27(21-35)38-39(28)3)30-26(36)17-16-25-24(33(34(41)42)40(32(25)30)19-8-7-18-37-2)14-10-20-43-29-15-9-12-22-11-5-6-13-23(22)29/h5-6,9,11-13,15-17,37H,4,7-8,10,14,18-21H2,1-3H3,(H,41,42). The third-order valence-electron chi connectivity index (χ3n) is 8.07. The zero-order chi connectivity index (χ0) is 30.5. The summed E-state index contributed by atoms with van der Waals surface area (Å²) in [6.07, 6.45) is 3.66. The Labute approximate surface area is 262 Å². The Morgan fingerprint density at radius 3 is 2.56 bits per heavy atom. The normalized spacial score (nSPS) is 11.6. The van der Waals surface area contributed by atoms with Crippen LogP contribution in [-0.4, -0.2) is 45.6 Å². The first-order valence-electron chi connectivity index (χ1n) is 14.8. The van der Waals surface area contributed by atoms with Gasteiger partial charge >= 0.3 is 5.97 Å². The van der Waals surface area contributed by atoms with Crippen LogP contribution in [0.2, 0.25) is 5.02 Å². The molecule has 2 N–H and O–H groups in total. The molecule has 7 nitrogen and oxygen atoms in total. The molecule has 3 aromatic carbocycles. The predicted molar refractivity (Wildman–Crippen MR) is 176 cm³/mol. The number of ether oxygens (including phenoxy) is 1. The average molecular weight is 622 g/mol. The number of fused-ring (bicyclic) bond motifs is 2. The first kappa shape index (κ1) is 30.9. The number of halogens is 2. The minimum Gasteiger partial charge on any atom is -0.493 e. The van der Waals surface area contributed by atoms with Gasteiger partial charge in [0.15, 0.2) is 0 Å². The molecule has 0 bridgehead atoms. The zero-order valence-electron chi connectivity index (χ0n) is 24.9. The lowest BCUT2D eigenvalue weighted by molar-refractivity contribution is 0.0684. The van der Waals surface area contributed by atoms with Crippen LogP contribution in [0.5, 0.6) is 5.75 Å². The molecule has 0 saturated heterocycles. The number of benzene rings is 3. The van der Waals surface area contributed by atoms with Crippen molar-refractivity contribution in [3.8, 4) is 16.9 Å². The Kier molecular flexibility index (Phi) is 9.96. The monoisotopic (exact) mass is 620 g/mol. The van der Waals surface area contributed by atoms with E-state index in [-0.39, 0.29) is 5.88 Å². The van der Waals surface area contributed by atoms with Crippen molar-refractivity contribution in [1.82, 2.24) is 19.7 Å². The van der Waals surface area contributed by atoms with Crippen molar-refractivity contribution >= 4 is 50.8 Å². The van der Waals surface area contributed by atoms with E-state index in [0.717, 1.165) is 81.3 Å². The molecule has 0 unspecified atom stereocenters. The molecule has 0 fully saturated rings. The van der Waals surface area contributed by atoms with Gasteiger partial charge in [-0.1, -0.05) is 61.0 Å². The molecule has 5 rings (SSSR count). The lowest BCUT2D eigenvalue weighted by Gasteiger charge is -2.14. The van der Waals surface area contributed by atoms with Crippen LogP contribution in [0.1, 0.15) is 53.6 Å². The number of aryl methyl sites for hydroxylation is 3. The smallest absolute Gasteiger partial charge is 0.352 e. The number of hydrogen-bond donors (Lipinski definition) is 2. The highest BCUT2D eigenvalue weighted by atomic mass is 35.5. The second kappa shape index (κ2) is 13.8. The van der Waals surface area contributed by atoms with Gasteiger partial charge < -0.3 is 19.7 Å². The number of nitrogens with one attached hydrogen (secondary N) is 1. The summed E-state index contributed by atoms with van der Waals surface area (Å²) < 4.78 is 10.0. The van der Waals surface area contributed by atoms with E-state index < -0.39 is 5.97 Å². The highest BCUT2D eigenvalue weighted by molar-refractivity contribution is 6.35. The fourth-order valence-electron chi connectivity index (χ4n) is 6.18. The van der Waals surface area contributed by atoms with E-state index in [9.17, 15) is 9.90 Å². The van der Waals surface area contributed by atoms with Gasteiger partial charge in [0.25, 0.3) is 0 Å². The first-order valence-corrected chi connectivity index (χ1v) is 15.8. The number of alkyl halides is 1. The number of hydrogen-bond acceptors (Lipinski definition) is 4. The molecular formula is C34H38Cl2N4O3. The molecule has 0 amide bonds. The Bertz CT molecular complexity index is 1750. The molecule has 226 valence electrons. The lowest BCUT2D eigenvalue weighted by Crippen LogP contribution is -2.13. The Morgan fingerprint density at radius 1 is 1.02 bits per heavy atom. The van der Waals surface area contributed by atoms with E-state index in [1.165, 1.54) is 0 Å². The molecule has 0 spiro atoms. The predicted octanol–water partition coefficient (Wildman–Crippen LogP) is 7.86. The van der Waals surface area contributed by atoms with Crippen LogP contribution < -0.4 is 10.1 Å². The molecule has 43 heavy (non-hydrogen) atoms. The van der Waals surface area contributed by atoms with E-state index in [4.69, 9.17) is 33.0 Å². The average Bonchev–Trinajstić information content (AvgIpc) is 3.50. The minimum atomic E-state index is -0.948. The number of carbonyl (C=O) groups is 1. The molecule has 9 heteroatoms. The Hall–Kier alpha value is -3.52. The van der Waals surface area contributed by atoms with Gasteiger partial charge in [0.1, 0.15) is 11.4 Å². The molecule has 2 aromatic heterocycles. The molecule has 0 aliphatic heterocycles. The fraction of sp³-hybridized carbons (Fsp3) is 0.353. The van der Waals surface area contributed by atoms with E-state index >= 15 is 0 Å². The largest absolute Gasteiger partial charge is 0.493 e. The van der Waals surface area contributed by atoms with Crippen LogP contribution in [0.25, 0.3) is 32.8 Å². The summed E-state index contributed by atoms with van der Waals surface area (Å²) in [6, 6.07) is 18.0. The van der Waals surface area contributed by atoms with Gasteiger partial charge in [0.05, 0.1) is 28.7 Å². The zero-order valence-corrected chi connectivity index (χ0v) is 26.4. The van der Waals surface area contributed by atoms with E-state index in [2.05, 4.69) is 30.4 Å². The lowest BCUT2D eigenvalue weighted by atomic mass is 9.97. The minimum absolute atomic E-state index is 0.225. The maximum absolute atomic E-state index is 12.9.